The maximum absolute atomic E-state index is 13.1. The Morgan fingerprint density at radius 2 is 1.72 bits per heavy atom. The minimum Gasteiger partial charge on any atom is -0.388 e. The van der Waals surface area contributed by atoms with E-state index in [1.54, 1.807) is 12.1 Å². The highest BCUT2D eigenvalue weighted by Crippen LogP contribution is 2.31. The summed E-state index contributed by atoms with van der Waals surface area (Å²) in [6, 6.07) is 5.82. The molecule has 3 unspecified atom stereocenters. The summed E-state index contributed by atoms with van der Waals surface area (Å²) in [5.74, 6) is -0.232. The zero-order valence-corrected chi connectivity index (χ0v) is 16.7. The number of aliphatic hydroxyl groups is 1. The van der Waals surface area contributed by atoms with Crippen LogP contribution in [0.4, 0.5) is 9.18 Å². The molecule has 3 atom stereocenters. The van der Waals surface area contributed by atoms with Crippen LogP contribution in [0, 0.1) is 17.7 Å². The number of nitrogens with zero attached hydrogens (tertiary/aromatic N) is 2. The van der Waals surface area contributed by atoms with Crippen molar-refractivity contribution < 1.29 is 19.1 Å². The van der Waals surface area contributed by atoms with Crippen LogP contribution < -0.4 is 5.32 Å². The molecular formula is C22H30FN3O3. The average molecular weight is 403 g/mol. The van der Waals surface area contributed by atoms with E-state index in [-0.39, 0.29) is 35.6 Å². The fourth-order valence-electron chi connectivity index (χ4n) is 5.01. The number of halogens is 1. The van der Waals surface area contributed by atoms with Crippen molar-refractivity contribution in [3.8, 4) is 0 Å². The number of carbonyl (C=O) groups excluding carboxylic acids is 2. The molecule has 7 heteroatoms. The first-order valence-corrected chi connectivity index (χ1v) is 10.8. The predicted molar refractivity (Wildman–Crippen MR) is 107 cm³/mol. The standard InChI is InChI=1S/C22H30FN3O3/c23-17-7-5-15(6-8-17)20(27)16-9-11-25(12-10-16)13-14-26-21(28)18-3-1-2-4-19(18)24-22(26)29/h5-8,16,18-20,27H,1-4,9-14H2,(H,24,29). The van der Waals surface area contributed by atoms with Gasteiger partial charge in [0.2, 0.25) is 5.91 Å². The summed E-state index contributed by atoms with van der Waals surface area (Å²) in [6.07, 6.45) is 4.99. The van der Waals surface area contributed by atoms with Crippen LogP contribution >= 0.6 is 0 Å². The highest BCUT2D eigenvalue weighted by Gasteiger charge is 2.41. The molecule has 3 aliphatic rings. The molecule has 0 bridgehead atoms. The molecule has 2 saturated heterocycles. The van der Waals surface area contributed by atoms with Gasteiger partial charge in [0.15, 0.2) is 0 Å². The van der Waals surface area contributed by atoms with E-state index in [2.05, 4.69) is 10.2 Å². The first-order chi connectivity index (χ1) is 14.0. The second-order valence-corrected chi connectivity index (χ2v) is 8.61. The van der Waals surface area contributed by atoms with E-state index in [0.717, 1.165) is 57.2 Å². The maximum Gasteiger partial charge on any atom is 0.324 e. The molecule has 1 aromatic rings. The number of amides is 3. The number of urea groups is 1. The second kappa shape index (κ2) is 8.79. The van der Waals surface area contributed by atoms with E-state index in [4.69, 9.17) is 0 Å². The molecule has 29 heavy (non-hydrogen) atoms. The third-order valence-corrected chi connectivity index (χ3v) is 6.83. The van der Waals surface area contributed by atoms with Gasteiger partial charge < -0.3 is 15.3 Å². The Bertz CT molecular complexity index is 733. The predicted octanol–water partition coefficient (Wildman–Crippen LogP) is 2.68. The molecule has 1 aromatic carbocycles. The Balaban J connectivity index is 1.26. The van der Waals surface area contributed by atoms with Crippen molar-refractivity contribution in [3.63, 3.8) is 0 Å². The summed E-state index contributed by atoms with van der Waals surface area (Å²) in [4.78, 5) is 28.8. The Hall–Kier alpha value is -1.99. The summed E-state index contributed by atoms with van der Waals surface area (Å²) in [6.45, 7) is 2.71. The van der Waals surface area contributed by atoms with Gasteiger partial charge in [0.1, 0.15) is 5.82 Å². The number of carbonyl (C=O) groups is 2. The van der Waals surface area contributed by atoms with Crippen LogP contribution in [0.25, 0.3) is 0 Å². The number of likely N-dealkylation sites (tertiary alicyclic amines) is 1. The van der Waals surface area contributed by atoms with Crippen molar-refractivity contribution in [1.29, 1.82) is 0 Å². The van der Waals surface area contributed by atoms with Crippen molar-refractivity contribution in [2.75, 3.05) is 26.2 Å². The third-order valence-electron chi connectivity index (χ3n) is 6.83. The van der Waals surface area contributed by atoms with Crippen LogP contribution in [-0.2, 0) is 4.79 Å². The Morgan fingerprint density at radius 3 is 2.45 bits per heavy atom. The SMILES string of the molecule is O=C1NC2CCCCC2C(=O)N1CCN1CCC(C(O)c2ccc(F)cc2)CC1. The molecule has 1 aliphatic carbocycles. The van der Waals surface area contributed by atoms with Crippen molar-refractivity contribution in [2.45, 2.75) is 50.7 Å². The number of hydrogen-bond acceptors (Lipinski definition) is 4. The van der Waals surface area contributed by atoms with Crippen molar-refractivity contribution in [3.05, 3.63) is 35.6 Å². The first kappa shape index (κ1) is 20.3. The largest absolute Gasteiger partial charge is 0.388 e. The quantitative estimate of drug-likeness (QED) is 0.793. The molecule has 0 aromatic heterocycles. The van der Waals surface area contributed by atoms with Crippen LogP contribution in [0.15, 0.2) is 24.3 Å². The molecule has 3 amide bonds. The molecule has 1 saturated carbocycles. The van der Waals surface area contributed by atoms with E-state index in [0.29, 0.717) is 13.1 Å². The fraction of sp³-hybridized carbons (Fsp3) is 0.636. The topological polar surface area (TPSA) is 72.9 Å². The lowest BCUT2D eigenvalue weighted by molar-refractivity contribution is -0.136. The van der Waals surface area contributed by atoms with E-state index in [9.17, 15) is 19.1 Å². The number of benzene rings is 1. The van der Waals surface area contributed by atoms with Gasteiger partial charge in [0.05, 0.1) is 12.0 Å². The fourth-order valence-corrected chi connectivity index (χ4v) is 5.01. The smallest absolute Gasteiger partial charge is 0.324 e. The van der Waals surface area contributed by atoms with Crippen molar-refractivity contribution in [1.82, 2.24) is 15.1 Å². The normalized spacial score (nSPS) is 27.4. The number of imide groups is 1. The lowest BCUT2D eigenvalue weighted by Crippen LogP contribution is -2.61. The Kier molecular flexibility index (Phi) is 6.15. The van der Waals surface area contributed by atoms with Gasteiger partial charge in [-0.05, 0) is 62.4 Å². The van der Waals surface area contributed by atoms with E-state index in [1.807, 2.05) is 0 Å². The number of rotatable bonds is 5. The van der Waals surface area contributed by atoms with Gasteiger partial charge >= 0.3 is 6.03 Å². The molecule has 4 rings (SSSR count). The van der Waals surface area contributed by atoms with Crippen LogP contribution in [0.5, 0.6) is 0 Å². The van der Waals surface area contributed by atoms with Gasteiger partial charge in [0, 0.05) is 19.1 Å². The molecule has 2 heterocycles. The zero-order chi connectivity index (χ0) is 20.4. The molecule has 0 spiro atoms. The van der Waals surface area contributed by atoms with Gasteiger partial charge in [0.25, 0.3) is 0 Å². The molecule has 2 N–H and O–H groups in total. The summed E-state index contributed by atoms with van der Waals surface area (Å²) in [5, 5.41) is 13.6. The van der Waals surface area contributed by atoms with Crippen LogP contribution in [0.2, 0.25) is 0 Å². The molecule has 2 aliphatic heterocycles. The van der Waals surface area contributed by atoms with Crippen LogP contribution in [-0.4, -0.2) is 59.1 Å². The second-order valence-electron chi connectivity index (χ2n) is 8.61. The van der Waals surface area contributed by atoms with Gasteiger partial charge in [-0.15, -0.1) is 0 Å². The summed E-state index contributed by atoms with van der Waals surface area (Å²) in [7, 11) is 0. The number of hydrogen-bond donors (Lipinski definition) is 2. The van der Waals surface area contributed by atoms with E-state index in [1.165, 1.54) is 17.0 Å². The molecule has 3 fully saturated rings. The minimum absolute atomic E-state index is 0.0138. The van der Waals surface area contributed by atoms with Gasteiger partial charge in [-0.1, -0.05) is 25.0 Å². The summed E-state index contributed by atoms with van der Waals surface area (Å²) in [5.41, 5.74) is 0.752. The Labute approximate surface area is 171 Å². The summed E-state index contributed by atoms with van der Waals surface area (Å²) >= 11 is 0. The molecule has 0 radical (unpaired) electrons. The number of nitrogens with one attached hydrogen (secondary N) is 1. The van der Waals surface area contributed by atoms with E-state index < -0.39 is 6.10 Å². The molecule has 6 nitrogen and oxygen atoms in total. The number of aliphatic hydroxyl groups excluding tert-OH is 1. The van der Waals surface area contributed by atoms with Gasteiger partial charge in [-0.2, -0.15) is 0 Å². The molecule has 158 valence electrons. The van der Waals surface area contributed by atoms with Crippen molar-refractivity contribution >= 4 is 11.9 Å². The lowest BCUT2D eigenvalue weighted by Gasteiger charge is -2.41. The number of fused-ring (bicyclic) bond motifs is 1. The van der Waals surface area contributed by atoms with Gasteiger partial charge in [-0.25, -0.2) is 9.18 Å². The van der Waals surface area contributed by atoms with Gasteiger partial charge in [-0.3, -0.25) is 9.69 Å². The lowest BCUT2D eigenvalue weighted by atomic mass is 9.82. The highest BCUT2D eigenvalue weighted by atomic mass is 19.1. The van der Waals surface area contributed by atoms with Crippen molar-refractivity contribution in [2.24, 2.45) is 11.8 Å². The average Bonchev–Trinajstić information content (AvgIpc) is 2.74. The highest BCUT2D eigenvalue weighted by molar-refractivity contribution is 5.98. The monoisotopic (exact) mass is 403 g/mol. The van der Waals surface area contributed by atoms with E-state index >= 15 is 0 Å². The van der Waals surface area contributed by atoms with Crippen LogP contribution in [0.3, 0.4) is 0 Å². The minimum atomic E-state index is -0.588. The molecular weight excluding hydrogens is 373 g/mol. The summed E-state index contributed by atoms with van der Waals surface area (Å²) < 4.78 is 13.1. The third kappa shape index (κ3) is 4.46. The first-order valence-electron chi connectivity index (χ1n) is 10.8. The zero-order valence-electron chi connectivity index (χ0n) is 16.7. The van der Waals surface area contributed by atoms with Crippen LogP contribution in [0.1, 0.15) is 50.2 Å². The maximum atomic E-state index is 13.1. The Morgan fingerprint density at radius 1 is 1.03 bits per heavy atom. The number of piperidine rings is 1.